The van der Waals surface area contributed by atoms with Crippen LogP contribution in [-0.2, 0) is 0 Å². The molecule has 0 aliphatic carbocycles. The van der Waals surface area contributed by atoms with Crippen molar-refractivity contribution in [1.82, 2.24) is 29.9 Å². The molecule has 3 heterocycles. The second-order valence-electron chi connectivity index (χ2n) is 8.42. The van der Waals surface area contributed by atoms with Crippen molar-refractivity contribution in [3.63, 3.8) is 0 Å². The molecule has 162 valence electrons. The van der Waals surface area contributed by atoms with E-state index >= 15 is 0 Å². The first kappa shape index (κ1) is 19.9. The number of nitrogens with zero attached hydrogens (tertiary/aromatic N) is 4. The Balaban J connectivity index is 1.60. The van der Waals surface area contributed by atoms with Crippen molar-refractivity contribution in [2.24, 2.45) is 0 Å². The molecule has 6 nitrogen and oxygen atoms in total. The van der Waals surface area contributed by atoms with Crippen LogP contribution in [0, 0.1) is 0 Å². The van der Waals surface area contributed by atoms with Crippen molar-refractivity contribution in [2.75, 3.05) is 6.26 Å². The molecule has 7 heteroatoms. The molecule has 0 bridgehead atoms. The largest absolute Gasteiger partial charge is 0.342 e. The Bertz CT molecular complexity index is 1630. The van der Waals surface area contributed by atoms with Gasteiger partial charge in [0.25, 0.3) is 0 Å². The molecule has 3 aromatic heterocycles. The van der Waals surface area contributed by atoms with Crippen molar-refractivity contribution in [3.8, 4) is 22.5 Å². The second kappa shape index (κ2) is 7.71. The fourth-order valence-corrected chi connectivity index (χ4v) is 4.72. The zero-order valence-corrected chi connectivity index (χ0v) is 19.4. The fourth-order valence-electron chi connectivity index (χ4n) is 4.35. The molecular weight excluding hydrogens is 428 g/mol. The normalized spacial score (nSPS) is 11.9. The van der Waals surface area contributed by atoms with Crippen LogP contribution in [0.4, 0.5) is 0 Å². The molecule has 3 aromatic carbocycles. The van der Waals surface area contributed by atoms with Gasteiger partial charge in [0.2, 0.25) is 0 Å². The number of aromatic amines is 2. The maximum atomic E-state index is 4.74. The number of benzene rings is 3. The second-order valence-corrected chi connectivity index (χ2v) is 9.21. The molecular formula is C26H22N6S. The highest BCUT2D eigenvalue weighted by Crippen LogP contribution is 2.37. The Kier molecular flexibility index (Phi) is 4.66. The molecule has 0 fully saturated rings. The van der Waals surface area contributed by atoms with Gasteiger partial charge in [-0.15, -0.1) is 0 Å². The van der Waals surface area contributed by atoms with Crippen LogP contribution in [0.3, 0.4) is 0 Å². The van der Waals surface area contributed by atoms with E-state index in [1.807, 2.05) is 18.6 Å². The maximum absolute atomic E-state index is 4.74. The highest BCUT2D eigenvalue weighted by Gasteiger charge is 2.14. The Labute approximate surface area is 194 Å². The lowest BCUT2D eigenvalue weighted by molar-refractivity contribution is 0.795. The quantitative estimate of drug-likeness (QED) is 0.235. The number of rotatable bonds is 4. The molecule has 0 radical (unpaired) electrons. The molecule has 6 aromatic rings. The van der Waals surface area contributed by atoms with E-state index in [-0.39, 0.29) is 0 Å². The lowest BCUT2D eigenvalue weighted by Gasteiger charge is -2.11. The van der Waals surface area contributed by atoms with Crippen molar-refractivity contribution >= 4 is 44.3 Å². The van der Waals surface area contributed by atoms with Crippen LogP contribution < -0.4 is 0 Å². The third kappa shape index (κ3) is 3.27. The van der Waals surface area contributed by atoms with E-state index in [4.69, 9.17) is 9.97 Å². The monoisotopic (exact) mass is 450 g/mol. The molecule has 33 heavy (non-hydrogen) atoms. The summed E-state index contributed by atoms with van der Waals surface area (Å²) in [6, 6.07) is 13.0. The summed E-state index contributed by atoms with van der Waals surface area (Å²) < 4.78 is 0. The Hall–Kier alpha value is -3.71. The van der Waals surface area contributed by atoms with Gasteiger partial charge in [-0.25, -0.2) is 9.97 Å². The van der Waals surface area contributed by atoms with Gasteiger partial charge in [0.15, 0.2) is 5.16 Å². The first-order valence-electron chi connectivity index (χ1n) is 10.9. The summed E-state index contributed by atoms with van der Waals surface area (Å²) in [6.45, 7) is 4.27. The van der Waals surface area contributed by atoms with E-state index in [0.717, 1.165) is 66.1 Å². The highest BCUT2D eigenvalue weighted by molar-refractivity contribution is 7.98. The van der Waals surface area contributed by atoms with Gasteiger partial charge in [-0.2, -0.15) is 0 Å². The summed E-state index contributed by atoms with van der Waals surface area (Å²) in [5.74, 6) is 1.34. The van der Waals surface area contributed by atoms with Gasteiger partial charge in [0, 0.05) is 40.2 Å². The fraction of sp³-hybridized carbons (Fsp3) is 0.154. The van der Waals surface area contributed by atoms with E-state index in [2.05, 4.69) is 70.2 Å². The zero-order valence-electron chi connectivity index (χ0n) is 18.5. The number of aromatic nitrogens is 6. The molecule has 0 saturated heterocycles. The topological polar surface area (TPSA) is 83.1 Å². The van der Waals surface area contributed by atoms with E-state index < -0.39 is 0 Å². The number of fused-ring (bicyclic) bond motifs is 6. The van der Waals surface area contributed by atoms with Crippen LogP contribution in [0.15, 0.2) is 66.3 Å². The average molecular weight is 451 g/mol. The summed E-state index contributed by atoms with van der Waals surface area (Å²) in [5, 5.41) is 5.39. The van der Waals surface area contributed by atoms with E-state index in [0.29, 0.717) is 5.92 Å². The number of thioether (sulfide) groups is 1. The first-order valence-corrected chi connectivity index (χ1v) is 12.1. The molecule has 0 amide bonds. The lowest BCUT2D eigenvalue weighted by Crippen LogP contribution is -1.91. The van der Waals surface area contributed by atoms with Crippen LogP contribution in [0.2, 0.25) is 0 Å². The predicted molar refractivity (Wildman–Crippen MR) is 136 cm³/mol. The maximum Gasteiger partial charge on any atom is 0.165 e. The standard InChI is InChI=1S/C26H22N6S/c1-14(2)25-29-12-21(31-25)15-4-6-17-18-7-5-16(22-13-30-26(32-22)33-3)11-20(18)24-23(19(17)10-15)27-8-9-28-24/h4-14H,1-3H3,(H,29,31)(H,30,32). The molecule has 0 atom stereocenters. The van der Waals surface area contributed by atoms with Crippen molar-refractivity contribution in [1.29, 1.82) is 0 Å². The number of hydrogen-bond donors (Lipinski definition) is 2. The number of H-pyrrole nitrogens is 2. The summed E-state index contributed by atoms with van der Waals surface area (Å²) in [4.78, 5) is 25.3. The lowest BCUT2D eigenvalue weighted by atomic mass is 9.95. The average Bonchev–Trinajstić information content (AvgIpc) is 3.54. The minimum absolute atomic E-state index is 0.353. The minimum atomic E-state index is 0.353. The van der Waals surface area contributed by atoms with E-state index in [9.17, 15) is 0 Å². The van der Waals surface area contributed by atoms with Crippen LogP contribution in [0.1, 0.15) is 25.6 Å². The number of nitrogens with one attached hydrogen (secondary N) is 2. The Morgan fingerprint density at radius 1 is 0.697 bits per heavy atom. The minimum Gasteiger partial charge on any atom is -0.342 e. The van der Waals surface area contributed by atoms with Gasteiger partial charge >= 0.3 is 0 Å². The third-order valence-electron chi connectivity index (χ3n) is 6.05. The van der Waals surface area contributed by atoms with Gasteiger partial charge in [0.05, 0.1) is 34.8 Å². The van der Waals surface area contributed by atoms with E-state index in [1.54, 1.807) is 24.2 Å². The molecule has 2 N–H and O–H groups in total. The molecule has 0 spiro atoms. The number of hydrogen-bond acceptors (Lipinski definition) is 5. The zero-order chi connectivity index (χ0) is 22.5. The molecule has 0 unspecified atom stereocenters. The van der Waals surface area contributed by atoms with Gasteiger partial charge in [-0.1, -0.05) is 49.9 Å². The van der Waals surface area contributed by atoms with Crippen molar-refractivity contribution in [2.45, 2.75) is 24.9 Å². The SMILES string of the molecule is CSc1ncc(-c2ccc3c4ccc(-c5cnc(C(C)C)[nH]5)cc4c4nccnc4c3c2)[nH]1. The van der Waals surface area contributed by atoms with E-state index in [1.165, 1.54) is 0 Å². The smallest absolute Gasteiger partial charge is 0.165 e. The van der Waals surface area contributed by atoms with Crippen molar-refractivity contribution < 1.29 is 0 Å². The molecule has 0 aliphatic rings. The van der Waals surface area contributed by atoms with Crippen LogP contribution in [0.25, 0.3) is 55.1 Å². The summed E-state index contributed by atoms with van der Waals surface area (Å²) in [7, 11) is 0. The van der Waals surface area contributed by atoms with Gasteiger partial charge < -0.3 is 9.97 Å². The van der Waals surface area contributed by atoms with Crippen LogP contribution in [-0.4, -0.2) is 36.2 Å². The molecule has 6 rings (SSSR count). The van der Waals surface area contributed by atoms with Crippen molar-refractivity contribution in [3.05, 3.63) is 67.0 Å². The summed E-state index contributed by atoms with van der Waals surface area (Å²) >= 11 is 1.60. The van der Waals surface area contributed by atoms with Crippen LogP contribution in [0.5, 0.6) is 0 Å². The van der Waals surface area contributed by atoms with Gasteiger partial charge in [-0.05, 0) is 29.2 Å². The van der Waals surface area contributed by atoms with Crippen LogP contribution >= 0.6 is 11.8 Å². The molecule has 0 saturated carbocycles. The first-order chi connectivity index (χ1) is 16.1. The summed E-state index contributed by atoms with van der Waals surface area (Å²) in [6.07, 6.45) is 9.32. The highest BCUT2D eigenvalue weighted by atomic mass is 32.2. The molecule has 0 aliphatic heterocycles. The summed E-state index contributed by atoms with van der Waals surface area (Å²) in [5.41, 5.74) is 5.97. The Morgan fingerprint density at radius 3 is 1.79 bits per heavy atom. The third-order valence-corrected chi connectivity index (χ3v) is 6.64. The number of imidazole rings is 2. The Morgan fingerprint density at radius 2 is 1.27 bits per heavy atom. The van der Waals surface area contributed by atoms with Gasteiger partial charge in [0.1, 0.15) is 5.82 Å². The predicted octanol–water partition coefficient (Wildman–Crippen LogP) is 6.56. The van der Waals surface area contributed by atoms with Gasteiger partial charge in [-0.3, -0.25) is 9.97 Å².